The Bertz CT molecular complexity index is 1390. The highest BCUT2D eigenvalue weighted by Crippen LogP contribution is 2.20. The molecule has 0 saturated carbocycles. The number of anilines is 1. The number of carbonyl (C=O) groups is 4. The molecule has 2 amide bonds. The molecule has 0 bridgehead atoms. The van der Waals surface area contributed by atoms with Crippen molar-refractivity contribution in [2.24, 2.45) is 4.99 Å². The van der Waals surface area contributed by atoms with E-state index in [1.807, 2.05) is 23.1 Å². The zero-order valence-electron chi connectivity index (χ0n) is 21.1. The number of nitrogens with zero attached hydrogens (tertiary/aromatic N) is 4. The maximum absolute atomic E-state index is 12.7. The van der Waals surface area contributed by atoms with Gasteiger partial charge in [-0.05, 0) is 30.3 Å². The fourth-order valence-electron chi connectivity index (χ4n) is 4.06. The average Bonchev–Trinajstić information content (AvgIpc) is 3.28. The predicted molar refractivity (Wildman–Crippen MR) is 146 cm³/mol. The molecule has 1 aromatic heterocycles. The largest absolute Gasteiger partial charge is 0.468 e. The van der Waals surface area contributed by atoms with Crippen molar-refractivity contribution in [3.05, 3.63) is 58.9 Å². The van der Waals surface area contributed by atoms with E-state index in [1.165, 1.54) is 37.3 Å². The summed E-state index contributed by atoms with van der Waals surface area (Å²) < 4.78 is 11.8. The third kappa shape index (κ3) is 6.62. The minimum absolute atomic E-state index is 0.00605. The lowest BCUT2D eigenvalue weighted by molar-refractivity contribution is -0.141. The number of aromatic nitrogens is 1. The highest BCUT2D eigenvalue weighted by atomic mass is 32.2. The first-order chi connectivity index (χ1) is 18.4. The summed E-state index contributed by atoms with van der Waals surface area (Å²) in [5.74, 6) is -1.21. The second-order valence-electron chi connectivity index (χ2n) is 8.42. The molecule has 0 unspecified atom stereocenters. The average molecular weight is 557 g/mol. The smallest absolute Gasteiger partial charge is 0.337 e. The van der Waals surface area contributed by atoms with Gasteiger partial charge in [-0.1, -0.05) is 29.5 Å². The summed E-state index contributed by atoms with van der Waals surface area (Å²) in [4.78, 5) is 57.8. The monoisotopic (exact) mass is 556 g/mol. The molecule has 38 heavy (non-hydrogen) atoms. The standard InChI is InChI=1S/C26H28N4O6S2/c1-35-24(33)15-30-20-9-8-18(25(34)36-2)14-21(20)38-26(30)27-22(31)16-37-17-23(32)29-12-10-28(11-13-29)19-6-4-3-5-7-19/h3-9,14H,10-13,15-17H2,1-2H3. The minimum Gasteiger partial charge on any atom is -0.468 e. The van der Waals surface area contributed by atoms with Crippen molar-refractivity contribution in [2.45, 2.75) is 6.54 Å². The number of ether oxygens (including phenoxy) is 2. The summed E-state index contributed by atoms with van der Waals surface area (Å²) in [5, 5.41) is 0. The molecule has 2 heterocycles. The first kappa shape index (κ1) is 27.4. The third-order valence-corrected chi connectivity index (χ3v) is 7.99. The molecule has 0 N–H and O–H groups in total. The predicted octanol–water partition coefficient (Wildman–Crippen LogP) is 2.17. The van der Waals surface area contributed by atoms with Crippen LogP contribution in [0.25, 0.3) is 10.2 Å². The van der Waals surface area contributed by atoms with Gasteiger partial charge in [-0.15, -0.1) is 11.8 Å². The summed E-state index contributed by atoms with van der Waals surface area (Å²) in [7, 11) is 2.58. The zero-order chi connectivity index (χ0) is 27.1. The van der Waals surface area contributed by atoms with Crippen LogP contribution < -0.4 is 9.70 Å². The van der Waals surface area contributed by atoms with E-state index in [2.05, 4.69) is 22.0 Å². The fourth-order valence-corrected chi connectivity index (χ4v) is 5.84. The minimum atomic E-state index is -0.497. The number of amides is 2. The number of fused-ring (bicyclic) bond motifs is 1. The number of methoxy groups -OCH3 is 2. The molecule has 2 aromatic carbocycles. The molecular weight excluding hydrogens is 528 g/mol. The highest BCUT2D eigenvalue weighted by Gasteiger charge is 2.21. The molecule has 10 nitrogen and oxygen atoms in total. The van der Waals surface area contributed by atoms with Crippen molar-refractivity contribution in [1.82, 2.24) is 9.47 Å². The Hall–Kier alpha value is -3.64. The Labute approximate surface area is 227 Å². The quantitative estimate of drug-likeness (QED) is 0.389. The lowest BCUT2D eigenvalue weighted by Crippen LogP contribution is -2.49. The van der Waals surface area contributed by atoms with E-state index in [4.69, 9.17) is 9.47 Å². The maximum Gasteiger partial charge on any atom is 0.337 e. The van der Waals surface area contributed by atoms with E-state index in [0.717, 1.165) is 18.8 Å². The second-order valence-corrected chi connectivity index (χ2v) is 10.4. The number of para-hydroxylation sites is 1. The van der Waals surface area contributed by atoms with Crippen molar-refractivity contribution < 1.29 is 28.7 Å². The number of piperazine rings is 1. The molecule has 1 saturated heterocycles. The Morgan fingerprint density at radius 2 is 1.68 bits per heavy atom. The van der Waals surface area contributed by atoms with Crippen molar-refractivity contribution in [2.75, 3.05) is 56.8 Å². The Balaban J connectivity index is 1.38. The van der Waals surface area contributed by atoms with E-state index >= 15 is 0 Å². The summed E-state index contributed by atoms with van der Waals surface area (Å²) in [6.45, 7) is 2.66. The Morgan fingerprint density at radius 3 is 2.37 bits per heavy atom. The first-order valence-electron chi connectivity index (χ1n) is 11.9. The van der Waals surface area contributed by atoms with E-state index in [0.29, 0.717) is 33.7 Å². The van der Waals surface area contributed by atoms with Crippen LogP contribution in [0.15, 0.2) is 53.5 Å². The van der Waals surface area contributed by atoms with E-state index in [-0.39, 0.29) is 24.0 Å². The van der Waals surface area contributed by atoms with Gasteiger partial charge in [0.05, 0.1) is 41.5 Å². The number of rotatable bonds is 8. The summed E-state index contributed by atoms with van der Waals surface area (Å²) in [6.07, 6.45) is 0. The number of thiazole rings is 1. The van der Waals surface area contributed by atoms with Gasteiger partial charge in [0, 0.05) is 31.9 Å². The van der Waals surface area contributed by atoms with Crippen molar-refractivity contribution in [1.29, 1.82) is 0 Å². The lowest BCUT2D eigenvalue weighted by Gasteiger charge is -2.36. The van der Waals surface area contributed by atoms with Crippen LogP contribution in [-0.2, 0) is 30.4 Å². The third-order valence-electron chi connectivity index (χ3n) is 6.04. The lowest BCUT2D eigenvalue weighted by atomic mass is 10.2. The normalized spacial score (nSPS) is 14.0. The number of carbonyl (C=O) groups excluding carboxylic acids is 4. The Kier molecular flexibility index (Phi) is 9.19. The molecule has 3 aromatic rings. The van der Waals surface area contributed by atoms with Crippen LogP contribution in [-0.4, -0.2) is 85.1 Å². The van der Waals surface area contributed by atoms with Crippen LogP contribution in [0.3, 0.4) is 0 Å². The van der Waals surface area contributed by atoms with Crippen LogP contribution in [0.5, 0.6) is 0 Å². The summed E-state index contributed by atoms with van der Waals surface area (Å²) in [5.41, 5.74) is 2.13. The van der Waals surface area contributed by atoms with Crippen molar-refractivity contribution >= 4 is 62.8 Å². The number of benzene rings is 2. The highest BCUT2D eigenvalue weighted by molar-refractivity contribution is 8.00. The van der Waals surface area contributed by atoms with Gasteiger partial charge < -0.3 is 23.8 Å². The van der Waals surface area contributed by atoms with Gasteiger partial charge in [0.1, 0.15) is 6.54 Å². The van der Waals surface area contributed by atoms with Crippen molar-refractivity contribution in [3.8, 4) is 0 Å². The van der Waals surface area contributed by atoms with Gasteiger partial charge in [0.2, 0.25) is 5.91 Å². The molecular formula is C26H28N4O6S2. The molecule has 0 aliphatic carbocycles. The molecule has 200 valence electrons. The van der Waals surface area contributed by atoms with Gasteiger partial charge in [-0.3, -0.25) is 14.4 Å². The van der Waals surface area contributed by atoms with Gasteiger partial charge in [-0.25, -0.2) is 4.79 Å². The molecule has 1 aliphatic rings. The van der Waals surface area contributed by atoms with Crippen molar-refractivity contribution in [3.63, 3.8) is 0 Å². The van der Waals surface area contributed by atoms with Gasteiger partial charge >= 0.3 is 11.9 Å². The number of esters is 2. The van der Waals surface area contributed by atoms with Gasteiger partial charge in [0.15, 0.2) is 4.80 Å². The molecule has 12 heteroatoms. The van der Waals surface area contributed by atoms with Crippen LogP contribution >= 0.6 is 23.1 Å². The molecule has 0 spiro atoms. The number of thioether (sulfide) groups is 1. The Morgan fingerprint density at radius 1 is 0.947 bits per heavy atom. The van der Waals surface area contributed by atoms with E-state index < -0.39 is 17.8 Å². The van der Waals surface area contributed by atoms with Gasteiger partial charge in [0.25, 0.3) is 5.91 Å². The molecule has 0 radical (unpaired) electrons. The number of hydrogen-bond donors (Lipinski definition) is 0. The topological polar surface area (TPSA) is 111 Å². The van der Waals surface area contributed by atoms with Crippen LogP contribution in [0, 0.1) is 0 Å². The molecule has 1 aliphatic heterocycles. The van der Waals surface area contributed by atoms with Crippen LogP contribution in [0.2, 0.25) is 0 Å². The first-order valence-corrected chi connectivity index (χ1v) is 13.9. The molecule has 0 atom stereocenters. The molecule has 1 fully saturated rings. The fraction of sp³-hybridized carbons (Fsp3) is 0.346. The maximum atomic E-state index is 12.7. The second kappa shape index (κ2) is 12.7. The van der Waals surface area contributed by atoms with Gasteiger partial charge in [-0.2, -0.15) is 4.99 Å². The number of hydrogen-bond acceptors (Lipinski definition) is 9. The molecule has 4 rings (SSSR count). The SMILES string of the molecule is COC(=O)Cn1c(=NC(=O)CSCC(=O)N2CCN(c3ccccc3)CC2)sc2cc(C(=O)OC)ccc21. The zero-order valence-corrected chi connectivity index (χ0v) is 22.8. The summed E-state index contributed by atoms with van der Waals surface area (Å²) >= 11 is 2.39. The van der Waals surface area contributed by atoms with Crippen LogP contribution in [0.1, 0.15) is 10.4 Å². The van der Waals surface area contributed by atoms with E-state index in [9.17, 15) is 19.2 Å². The van der Waals surface area contributed by atoms with Crippen LogP contribution in [0.4, 0.5) is 5.69 Å². The summed E-state index contributed by atoms with van der Waals surface area (Å²) in [6, 6.07) is 15.0. The van der Waals surface area contributed by atoms with E-state index in [1.54, 1.807) is 22.8 Å².